The van der Waals surface area contributed by atoms with E-state index in [2.05, 4.69) is 30.7 Å². The van der Waals surface area contributed by atoms with Crippen molar-refractivity contribution < 1.29 is 5.11 Å². The van der Waals surface area contributed by atoms with Gasteiger partial charge in [-0.05, 0) is 18.4 Å². The van der Waals surface area contributed by atoms with Gasteiger partial charge < -0.3 is 5.11 Å². The van der Waals surface area contributed by atoms with Crippen molar-refractivity contribution in [3.63, 3.8) is 0 Å². The molecule has 14 heavy (non-hydrogen) atoms. The van der Waals surface area contributed by atoms with Crippen molar-refractivity contribution in [1.82, 2.24) is 9.97 Å². The van der Waals surface area contributed by atoms with Crippen LogP contribution in [0.25, 0.3) is 0 Å². The van der Waals surface area contributed by atoms with Gasteiger partial charge in [0, 0.05) is 24.4 Å². The summed E-state index contributed by atoms with van der Waals surface area (Å²) in [6.07, 6.45) is 5.33. The molecule has 78 valence electrons. The lowest BCUT2D eigenvalue weighted by atomic mass is 9.96. The fourth-order valence-corrected chi connectivity index (χ4v) is 1.15. The lowest BCUT2D eigenvalue weighted by molar-refractivity contribution is 0.288. The summed E-state index contributed by atoms with van der Waals surface area (Å²) >= 11 is 0. The first-order chi connectivity index (χ1) is 6.54. The van der Waals surface area contributed by atoms with Crippen LogP contribution in [0.3, 0.4) is 0 Å². The maximum atomic E-state index is 8.67. The van der Waals surface area contributed by atoms with E-state index in [0.717, 1.165) is 24.2 Å². The quantitative estimate of drug-likeness (QED) is 0.796. The highest BCUT2D eigenvalue weighted by Crippen LogP contribution is 2.17. The van der Waals surface area contributed by atoms with E-state index in [1.165, 1.54) is 0 Å². The van der Waals surface area contributed by atoms with Crippen LogP contribution in [0.4, 0.5) is 0 Å². The molecule has 0 saturated carbocycles. The van der Waals surface area contributed by atoms with E-state index in [9.17, 15) is 0 Å². The van der Waals surface area contributed by atoms with Gasteiger partial charge in [0.15, 0.2) is 0 Å². The van der Waals surface area contributed by atoms with Gasteiger partial charge in [-0.25, -0.2) is 9.97 Å². The Kier molecular flexibility index (Phi) is 3.58. The highest BCUT2D eigenvalue weighted by molar-refractivity contribution is 5.09. The van der Waals surface area contributed by atoms with Gasteiger partial charge in [-0.1, -0.05) is 20.8 Å². The molecule has 0 aromatic carbocycles. The molecule has 1 aromatic heterocycles. The van der Waals surface area contributed by atoms with Gasteiger partial charge in [-0.2, -0.15) is 0 Å². The number of nitrogens with zero attached hydrogens (tertiary/aromatic N) is 2. The standard InChI is InChI=1S/C11H18N2O/c1-11(2,3)10-12-7-9(8-13-10)5-4-6-14/h7-8,14H,4-6H2,1-3H3. The smallest absolute Gasteiger partial charge is 0.133 e. The van der Waals surface area contributed by atoms with Crippen molar-refractivity contribution >= 4 is 0 Å². The Morgan fingerprint density at radius 3 is 2.21 bits per heavy atom. The van der Waals surface area contributed by atoms with Gasteiger partial charge >= 0.3 is 0 Å². The van der Waals surface area contributed by atoms with Gasteiger partial charge in [0.1, 0.15) is 5.82 Å². The molecule has 3 heteroatoms. The number of hydrogen-bond donors (Lipinski definition) is 1. The minimum atomic E-state index is 0.00943. The molecule has 0 saturated heterocycles. The van der Waals surface area contributed by atoms with E-state index < -0.39 is 0 Å². The molecule has 0 amide bonds. The molecular weight excluding hydrogens is 176 g/mol. The predicted octanol–water partition coefficient (Wildman–Crippen LogP) is 1.70. The van der Waals surface area contributed by atoms with Crippen LogP contribution in [0.1, 0.15) is 38.6 Å². The lowest BCUT2D eigenvalue weighted by Gasteiger charge is -2.15. The SMILES string of the molecule is CC(C)(C)c1ncc(CCCO)cn1. The minimum Gasteiger partial charge on any atom is -0.396 e. The highest BCUT2D eigenvalue weighted by Gasteiger charge is 2.16. The number of aliphatic hydroxyl groups is 1. The molecule has 1 rings (SSSR count). The summed E-state index contributed by atoms with van der Waals surface area (Å²) < 4.78 is 0. The molecule has 1 N–H and O–H groups in total. The summed E-state index contributed by atoms with van der Waals surface area (Å²) in [6, 6.07) is 0. The average Bonchev–Trinajstić information content (AvgIpc) is 2.14. The Morgan fingerprint density at radius 2 is 1.79 bits per heavy atom. The summed E-state index contributed by atoms with van der Waals surface area (Å²) in [5.74, 6) is 0.866. The van der Waals surface area contributed by atoms with E-state index in [1.54, 1.807) is 0 Å². The Balaban J connectivity index is 2.69. The van der Waals surface area contributed by atoms with Crippen LogP contribution in [-0.2, 0) is 11.8 Å². The molecule has 0 bridgehead atoms. The van der Waals surface area contributed by atoms with Gasteiger partial charge in [-0.15, -0.1) is 0 Å². The van der Waals surface area contributed by atoms with E-state index in [1.807, 2.05) is 12.4 Å². The fourth-order valence-electron chi connectivity index (χ4n) is 1.15. The first kappa shape index (κ1) is 11.1. The summed E-state index contributed by atoms with van der Waals surface area (Å²) in [5, 5.41) is 8.67. The molecule has 1 heterocycles. The van der Waals surface area contributed by atoms with Crippen molar-refractivity contribution in [2.24, 2.45) is 0 Å². The van der Waals surface area contributed by atoms with Crippen LogP contribution in [-0.4, -0.2) is 21.7 Å². The van der Waals surface area contributed by atoms with E-state index in [0.29, 0.717) is 0 Å². The van der Waals surface area contributed by atoms with Crippen molar-refractivity contribution in [2.75, 3.05) is 6.61 Å². The van der Waals surface area contributed by atoms with Gasteiger partial charge in [-0.3, -0.25) is 0 Å². The van der Waals surface area contributed by atoms with Crippen LogP contribution in [0.5, 0.6) is 0 Å². The summed E-state index contributed by atoms with van der Waals surface area (Å²) in [7, 11) is 0. The maximum absolute atomic E-state index is 8.67. The Morgan fingerprint density at radius 1 is 1.21 bits per heavy atom. The molecule has 3 nitrogen and oxygen atoms in total. The van der Waals surface area contributed by atoms with Gasteiger partial charge in [0.05, 0.1) is 0 Å². The number of aliphatic hydroxyl groups excluding tert-OH is 1. The van der Waals surface area contributed by atoms with Crippen LogP contribution < -0.4 is 0 Å². The number of rotatable bonds is 3. The molecule has 0 aliphatic rings. The molecule has 0 aliphatic heterocycles. The molecule has 0 fully saturated rings. The molecule has 0 radical (unpaired) electrons. The first-order valence-electron chi connectivity index (χ1n) is 4.96. The van der Waals surface area contributed by atoms with Crippen LogP contribution in [0.15, 0.2) is 12.4 Å². The second-order valence-corrected chi connectivity index (χ2v) is 4.49. The lowest BCUT2D eigenvalue weighted by Crippen LogP contribution is -2.15. The molecule has 1 aromatic rings. The van der Waals surface area contributed by atoms with E-state index >= 15 is 0 Å². The third-order valence-electron chi connectivity index (χ3n) is 2.00. The number of hydrogen-bond acceptors (Lipinski definition) is 3. The Bertz CT molecular complexity index is 274. The van der Waals surface area contributed by atoms with Crippen molar-refractivity contribution in [3.8, 4) is 0 Å². The third kappa shape index (κ3) is 3.07. The Labute approximate surface area is 85.2 Å². The monoisotopic (exact) mass is 194 g/mol. The largest absolute Gasteiger partial charge is 0.396 e. The van der Waals surface area contributed by atoms with Gasteiger partial charge in [0.2, 0.25) is 0 Å². The van der Waals surface area contributed by atoms with Crippen LogP contribution in [0.2, 0.25) is 0 Å². The maximum Gasteiger partial charge on any atom is 0.133 e. The second-order valence-electron chi connectivity index (χ2n) is 4.49. The third-order valence-corrected chi connectivity index (χ3v) is 2.00. The van der Waals surface area contributed by atoms with Crippen LogP contribution >= 0.6 is 0 Å². The Hall–Kier alpha value is -0.960. The summed E-state index contributed by atoms with van der Waals surface area (Å²) in [5.41, 5.74) is 1.10. The van der Waals surface area contributed by atoms with Crippen LogP contribution in [0, 0.1) is 0 Å². The summed E-state index contributed by atoms with van der Waals surface area (Å²) in [4.78, 5) is 8.62. The predicted molar refractivity (Wildman–Crippen MR) is 56.1 cm³/mol. The van der Waals surface area contributed by atoms with E-state index in [4.69, 9.17) is 5.11 Å². The topological polar surface area (TPSA) is 46.0 Å². The number of aryl methyl sites for hydroxylation is 1. The summed E-state index contributed by atoms with van der Waals surface area (Å²) in [6.45, 7) is 6.50. The molecular formula is C11H18N2O. The first-order valence-corrected chi connectivity index (χ1v) is 4.96. The highest BCUT2D eigenvalue weighted by atomic mass is 16.2. The number of aromatic nitrogens is 2. The zero-order valence-electron chi connectivity index (χ0n) is 9.12. The van der Waals surface area contributed by atoms with E-state index in [-0.39, 0.29) is 12.0 Å². The normalized spacial score (nSPS) is 11.7. The minimum absolute atomic E-state index is 0.00943. The van der Waals surface area contributed by atoms with Gasteiger partial charge in [0.25, 0.3) is 0 Å². The second kappa shape index (κ2) is 4.51. The molecule has 0 unspecified atom stereocenters. The molecule has 0 atom stereocenters. The van der Waals surface area contributed by atoms with Crippen molar-refractivity contribution in [3.05, 3.63) is 23.8 Å². The zero-order chi connectivity index (χ0) is 10.6. The zero-order valence-corrected chi connectivity index (χ0v) is 9.12. The van der Waals surface area contributed by atoms with Crippen molar-refractivity contribution in [1.29, 1.82) is 0 Å². The molecule has 0 spiro atoms. The average molecular weight is 194 g/mol. The van der Waals surface area contributed by atoms with Crippen molar-refractivity contribution in [2.45, 2.75) is 39.0 Å². The fraction of sp³-hybridized carbons (Fsp3) is 0.636. The molecule has 0 aliphatic carbocycles.